The van der Waals surface area contributed by atoms with Crippen molar-refractivity contribution in [2.24, 2.45) is 0 Å². The van der Waals surface area contributed by atoms with Gasteiger partial charge in [0.05, 0.1) is 11.9 Å². The summed E-state index contributed by atoms with van der Waals surface area (Å²) in [7, 11) is -2.65. The van der Waals surface area contributed by atoms with Gasteiger partial charge in [0, 0.05) is 35.4 Å². The lowest BCUT2D eigenvalue weighted by Gasteiger charge is -2.52. The molecule has 0 bridgehead atoms. The van der Waals surface area contributed by atoms with Gasteiger partial charge in [-0.15, -0.1) is 0 Å². The fourth-order valence-electron chi connectivity index (χ4n) is 5.65. The van der Waals surface area contributed by atoms with Gasteiger partial charge < -0.3 is 4.57 Å². The Morgan fingerprint density at radius 2 is 1.12 bits per heavy atom. The molecule has 0 aliphatic carbocycles. The van der Waals surface area contributed by atoms with Crippen LogP contribution in [0.2, 0.25) is 0 Å². The highest BCUT2D eigenvalue weighted by atomic mass is 28.3. The molecule has 150 valence electrons. The number of hydrogen-bond donors (Lipinski definition) is 0. The second-order valence-corrected chi connectivity index (χ2v) is 11.8. The van der Waals surface area contributed by atoms with E-state index in [-0.39, 0.29) is 0 Å². The molecule has 4 heterocycles. The predicted molar refractivity (Wildman–Crippen MR) is 133 cm³/mol. The van der Waals surface area contributed by atoms with E-state index in [1.807, 2.05) is 24.8 Å². The van der Waals surface area contributed by atoms with Crippen LogP contribution >= 0.6 is 0 Å². The molecule has 32 heavy (non-hydrogen) atoms. The molecule has 1 unspecified atom stereocenters. The van der Waals surface area contributed by atoms with Crippen molar-refractivity contribution in [1.29, 1.82) is 0 Å². The quantitative estimate of drug-likeness (QED) is 0.376. The van der Waals surface area contributed by atoms with Gasteiger partial charge >= 0.3 is 0 Å². The second kappa shape index (κ2) is 6.49. The third-order valence-electron chi connectivity index (χ3n) is 6.82. The Bertz CT molecular complexity index is 1400. The highest BCUT2D eigenvalue weighted by Gasteiger charge is 2.54. The minimum atomic E-state index is -2.65. The molecular formula is C28H19N3Si. The van der Waals surface area contributed by atoms with Crippen molar-refractivity contribution < 1.29 is 0 Å². The molecule has 3 nitrogen and oxygen atoms in total. The topological polar surface area (TPSA) is 29.0 Å². The van der Waals surface area contributed by atoms with Crippen molar-refractivity contribution in [3.8, 4) is 22.3 Å². The monoisotopic (exact) mass is 425 g/mol. The largest absolute Gasteiger partial charge is 0.354 e. The van der Waals surface area contributed by atoms with E-state index in [9.17, 15) is 0 Å². The van der Waals surface area contributed by atoms with Crippen molar-refractivity contribution in [3.63, 3.8) is 0 Å². The summed E-state index contributed by atoms with van der Waals surface area (Å²) in [6.07, 6.45) is 7.85. The van der Waals surface area contributed by atoms with E-state index in [4.69, 9.17) is 0 Å². The Morgan fingerprint density at radius 1 is 0.500 bits per heavy atom. The Hall–Kier alpha value is -4.02. The minimum Gasteiger partial charge on any atom is -0.354 e. The summed E-state index contributed by atoms with van der Waals surface area (Å²) in [4.78, 5) is 9.08. The van der Waals surface area contributed by atoms with E-state index >= 15 is 0 Å². The highest BCUT2D eigenvalue weighted by Crippen LogP contribution is 2.48. The molecule has 1 atom stereocenters. The van der Waals surface area contributed by atoms with Crippen LogP contribution in [-0.4, -0.2) is 18.2 Å². The molecule has 0 amide bonds. The summed E-state index contributed by atoms with van der Waals surface area (Å²) in [5, 5.41) is 4.19. The number of anilines is 2. The molecule has 0 fully saturated rings. The van der Waals surface area contributed by atoms with Gasteiger partial charge in [-0.2, -0.15) is 0 Å². The van der Waals surface area contributed by atoms with Gasteiger partial charge in [0.15, 0.2) is 0 Å². The van der Waals surface area contributed by atoms with Crippen LogP contribution in [0.15, 0.2) is 116 Å². The highest BCUT2D eigenvalue weighted by molar-refractivity contribution is 7.16. The Balaban J connectivity index is 1.75. The van der Waals surface area contributed by atoms with Crippen molar-refractivity contribution in [3.05, 3.63) is 116 Å². The molecule has 7 rings (SSSR count). The maximum Gasteiger partial charge on any atom is 0.258 e. The Kier molecular flexibility index (Phi) is 3.57. The molecule has 0 saturated carbocycles. The van der Waals surface area contributed by atoms with E-state index in [0.29, 0.717) is 0 Å². The van der Waals surface area contributed by atoms with E-state index in [1.165, 1.54) is 49.2 Å². The fraction of sp³-hybridized carbons (Fsp3) is 0. The van der Waals surface area contributed by atoms with Crippen LogP contribution in [0, 0.1) is 0 Å². The van der Waals surface area contributed by atoms with Gasteiger partial charge in [0.25, 0.3) is 8.24 Å². The zero-order valence-corrected chi connectivity index (χ0v) is 18.3. The van der Waals surface area contributed by atoms with Gasteiger partial charge in [0.2, 0.25) is 0 Å². The number of pyridine rings is 2. The lowest BCUT2D eigenvalue weighted by atomic mass is 10.0. The van der Waals surface area contributed by atoms with Gasteiger partial charge in [-0.25, -0.2) is 0 Å². The van der Waals surface area contributed by atoms with Gasteiger partial charge in [-0.1, -0.05) is 78.9 Å². The number of fused-ring (bicyclic) bond motifs is 11. The van der Waals surface area contributed by atoms with E-state index in [2.05, 4.69) is 106 Å². The molecule has 0 radical (unpaired) electrons. The van der Waals surface area contributed by atoms with Crippen LogP contribution in [0.25, 0.3) is 22.3 Å². The van der Waals surface area contributed by atoms with Gasteiger partial charge in [-0.3, -0.25) is 9.97 Å². The van der Waals surface area contributed by atoms with Gasteiger partial charge in [0.1, 0.15) is 0 Å². The Morgan fingerprint density at radius 3 is 1.91 bits per heavy atom. The van der Waals surface area contributed by atoms with Crippen molar-refractivity contribution >= 4 is 35.2 Å². The number of hydrogen-bond acceptors (Lipinski definition) is 3. The number of nitrogens with zero attached hydrogens (tertiary/aromatic N) is 3. The first-order valence-corrected chi connectivity index (χ1v) is 12.8. The molecule has 2 aliphatic heterocycles. The zero-order valence-electron chi connectivity index (χ0n) is 17.3. The molecule has 0 saturated heterocycles. The van der Waals surface area contributed by atoms with Crippen LogP contribution in [-0.2, 0) is 0 Å². The lowest BCUT2D eigenvalue weighted by Crippen LogP contribution is -2.79. The Labute approximate surface area is 187 Å². The van der Waals surface area contributed by atoms with Crippen LogP contribution in [0.1, 0.15) is 0 Å². The number of benzene rings is 3. The summed E-state index contributed by atoms with van der Waals surface area (Å²) < 4.78 is 2.62. The predicted octanol–water partition coefficient (Wildman–Crippen LogP) is 4.24. The summed E-state index contributed by atoms with van der Waals surface area (Å²) in [5.41, 5.74) is 7.38. The fourth-order valence-corrected chi connectivity index (χ4v) is 11.0. The number of rotatable bonds is 1. The van der Waals surface area contributed by atoms with Crippen LogP contribution in [0.4, 0.5) is 11.4 Å². The summed E-state index contributed by atoms with van der Waals surface area (Å²) in [6.45, 7) is 0. The molecule has 3 aromatic carbocycles. The first-order valence-electron chi connectivity index (χ1n) is 10.8. The third kappa shape index (κ3) is 2.09. The first kappa shape index (κ1) is 17.6. The van der Waals surface area contributed by atoms with E-state index < -0.39 is 8.24 Å². The normalized spacial score (nSPS) is 17.4. The standard InChI is InChI=1S/C28H19N3Si/c1-2-8-20(9-3-1)32-27-12-6-4-10-22(27)21-14-16-30-19-26(21)31(32)25-15-17-29-18-24(25)23-11-5-7-13-28(23)32/h1-19H. The smallest absolute Gasteiger partial charge is 0.258 e. The molecule has 2 aromatic heterocycles. The summed E-state index contributed by atoms with van der Waals surface area (Å²) in [6, 6.07) is 33.2. The average Bonchev–Trinajstić information content (AvgIpc) is 2.89. The molecule has 5 aromatic rings. The molecule has 0 N–H and O–H groups in total. The van der Waals surface area contributed by atoms with Crippen LogP contribution < -0.4 is 20.1 Å². The van der Waals surface area contributed by atoms with Crippen LogP contribution in [0.3, 0.4) is 0 Å². The van der Waals surface area contributed by atoms with Crippen molar-refractivity contribution in [2.75, 3.05) is 4.57 Å². The first-order chi connectivity index (χ1) is 15.9. The van der Waals surface area contributed by atoms with Crippen molar-refractivity contribution in [1.82, 2.24) is 9.97 Å². The average molecular weight is 426 g/mol. The van der Waals surface area contributed by atoms with Crippen LogP contribution in [0.5, 0.6) is 0 Å². The van der Waals surface area contributed by atoms with E-state index in [0.717, 1.165) is 0 Å². The molecule has 2 aliphatic rings. The molecular weight excluding hydrogens is 406 g/mol. The maximum absolute atomic E-state index is 4.58. The maximum atomic E-state index is 4.58. The third-order valence-corrected chi connectivity index (χ3v) is 11.6. The second-order valence-electron chi connectivity index (χ2n) is 8.29. The summed E-state index contributed by atoms with van der Waals surface area (Å²) >= 11 is 0. The lowest BCUT2D eigenvalue weighted by molar-refractivity contribution is 1.23. The van der Waals surface area contributed by atoms with E-state index in [1.54, 1.807) is 0 Å². The minimum absolute atomic E-state index is 1.17. The number of aromatic nitrogens is 2. The SMILES string of the molecule is c1ccc([Si]23c4ccccc4-c4cnccc4N2c2cnccc2-c2ccccc23)cc1. The summed E-state index contributed by atoms with van der Waals surface area (Å²) in [5.74, 6) is 0. The molecule has 4 heteroatoms. The van der Waals surface area contributed by atoms with Gasteiger partial charge in [-0.05, 0) is 38.8 Å². The zero-order chi connectivity index (χ0) is 21.1. The van der Waals surface area contributed by atoms with Crippen molar-refractivity contribution in [2.45, 2.75) is 0 Å². The molecule has 0 spiro atoms.